The Morgan fingerprint density at radius 3 is 2.27 bits per heavy atom. The molecule has 12 heteroatoms. The van der Waals surface area contributed by atoms with Gasteiger partial charge in [-0.1, -0.05) is 77.8 Å². The fourth-order valence-corrected chi connectivity index (χ4v) is 8.27. The Kier molecular flexibility index (Phi) is 9.50. The molecule has 6 rings (SSSR count). The van der Waals surface area contributed by atoms with Gasteiger partial charge in [-0.05, 0) is 74.6 Å². The normalized spacial score (nSPS) is 25.6. The van der Waals surface area contributed by atoms with Crippen LogP contribution in [0.25, 0.3) is 11.3 Å². The number of carbonyl (C=O) groups is 1. The number of aromatic nitrogens is 1. The average Bonchev–Trinajstić information content (AvgIpc) is 3.70. The van der Waals surface area contributed by atoms with Gasteiger partial charge in [0.25, 0.3) is 0 Å². The van der Waals surface area contributed by atoms with Crippen LogP contribution in [0.3, 0.4) is 0 Å². The van der Waals surface area contributed by atoms with Crippen molar-refractivity contribution in [1.29, 1.82) is 0 Å². The molecule has 0 unspecified atom stereocenters. The van der Waals surface area contributed by atoms with E-state index in [1.807, 2.05) is 16.9 Å². The first-order valence-electron chi connectivity index (χ1n) is 15.2. The van der Waals surface area contributed by atoms with Crippen molar-refractivity contribution in [2.75, 3.05) is 0 Å². The zero-order valence-electron chi connectivity index (χ0n) is 24.1. The monoisotopic (exact) mass is 680 g/mol. The van der Waals surface area contributed by atoms with Crippen molar-refractivity contribution in [3.63, 3.8) is 0 Å². The van der Waals surface area contributed by atoms with Gasteiger partial charge >= 0.3 is 0 Å². The largest absolute Gasteiger partial charge is 0.489 e. The van der Waals surface area contributed by atoms with E-state index in [0.29, 0.717) is 81.1 Å². The minimum absolute atomic E-state index is 0.202. The van der Waals surface area contributed by atoms with Crippen LogP contribution >= 0.6 is 34.8 Å². The molecule has 3 aromatic rings. The number of nitrogens with zero attached hydrogens (tertiary/aromatic N) is 1. The summed E-state index contributed by atoms with van der Waals surface area (Å²) in [7, 11) is -2.92. The third kappa shape index (κ3) is 6.77. The van der Waals surface area contributed by atoms with Gasteiger partial charge in [0.2, 0.25) is 16.8 Å². The molecular formula is C32H35Cl3N2O6S. The summed E-state index contributed by atoms with van der Waals surface area (Å²) in [6, 6.07) is 10.7. The van der Waals surface area contributed by atoms with Crippen LogP contribution in [-0.2, 0) is 27.9 Å². The molecule has 0 aliphatic heterocycles. The zero-order valence-corrected chi connectivity index (χ0v) is 27.2. The van der Waals surface area contributed by atoms with Crippen LogP contribution in [0.5, 0.6) is 5.75 Å². The summed E-state index contributed by atoms with van der Waals surface area (Å²) in [5.41, 5.74) is 1.71. The molecule has 0 spiro atoms. The second-order valence-corrected chi connectivity index (χ2v) is 14.4. The van der Waals surface area contributed by atoms with Crippen LogP contribution in [0, 0.1) is 17.8 Å². The first-order chi connectivity index (χ1) is 21.1. The molecule has 3 aliphatic rings. The standard InChI is InChI=1S/C32H35Cl3N2O6S/c33-25-8-3-9-26(34)28(25)29-23(30(43-36-29)19-10-11-19)17-42-22-12-13-24(27(35)14-22)32(39)15-21(16-32)18-4-1-6-20(7-2-5-18)31(38)37-44(40)41/h3,8-9,12-14,18-21,39,44H,1-2,4-7,10-11,15-17H2,(H,37,38,40,41). The highest BCUT2D eigenvalue weighted by atomic mass is 35.5. The minimum atomic E-state index is -2.92. The number of carbonyl (C=O) groups excluding carboxylic acids is 1. The van der Waals surface area contributed by atoms with Gasteiger partial charge in [0.15, 0.2) is 0 Å². The molecule has 44 heavy (non-hydrogen) atoms. The highest BCUT2D eigenvalue weighted by Gasteiger charge is 2.48. The number of benzene rings is 2. The molecular weight excluding hydrogens is 647 g/mol. The highest BCUT2D eigenvalue weighted by molar-refractivity contribution is 7.71. The van der Waals surface area contributed by atoms with Crippen molar-refractivity contribution in [1.82, 2.24) is 9.88 Å². The van der Waals surface area contributed by atoms with Crippen LogP contribution in [0.1, 0.15) is 87.0 Å². The summed E-state index contributed by atoms with van der Waals surface area (Å²) >= 11 is 19.7. The molecule has 1 heterocycles. The molecule has 0 radical (unpaired) electrons. The number of hydrogen-bond donors (Lipinski definition) is 3. The maximum atomic E-state index is 12.1. The maximum absolute atomic E-state index is 12.1. The fourth-order valence-electron chi connectivity index (χ4n) is 6.98. The summed E-state index contributed by atoms with van der Waals surface area (Å²) in [6.07, 6.45) is 8.32. The van der Waals surface area contributed by atoms with Gasteiger partial charge in [0.05, 0.1) is 26.2 Å². The molecule has 1 aromatic heterocycles. The molecule has 2 N–H and O–H groups in total. The number of amides is 1. The molecule has 3 saturated carbocycles. The Balaban J connectivity index is 1.08. The van der Waals surface area contributed by atoms with Gasteiger partial charge in [-0.25, -0.2) is 8.42 Å². The Morgan fingerprint density at radius 2 is 1.66 bits per heavy atom. The van der Waals surface area contributed by atoms with E-state index in [9.17, 15) is 18.3 Å². The molecule has 1 amide bonds. The summed E-state index contributed by atoms with van der Waals surface area (Å²) in [5, 5.41) is 17.2. The van der Waals surface area contributed by atoms with Gasteiger partial charge in [-0.15, -0.1) is 0 Å². The zero-order chi connectivity index (χ0) is 31.0. The molecule has 3 aliphatic carbocycles. The second-order valence-electron chi connectivity index (χ2n) is 12.4. The average molecular weight is 682 g/mol. The van der Waals surface area contributed by atoms with Gasteiger partial charge in [-0.2, -0.15) is 0 Å². The fraction of sp³-hybridized carbons (Fsp3) is 0.500. The smallest absolute Gasteiger partial charge is 0.236 e. The van der Waals surface area contributed by atoms with Crippen LogP contribution in [0.15, 0.2) is 40.9 Å². The summed E-state index contributed by atoms with van der Waals surface area (Å²) < 4.78 is 35.7. The van der Waals surface area contributed by atoms with Crippen LogP contribution < -0.4 is 9.46 Å². The SMILES string of the molecule is O=C(N[SH](=O)=O)C1CCCC(C2CC(O)(c3ccc(OCc4c(-c5c(Cl)cccc5Cl)noc4C4CC4)cc3Cl)C2)CCC1. The van der Waals surface area contributed by atoms with E-state index in [2.05, 4.69) is 5.16 Å². The van der Waals surface area contributed by atoms with E-state index >= 15 is 0 Å². The van der Waals surface area contributed by atoms with Crippen molar-refractivity contribution in [3.8, 4) is 17.0 Å². The number of halogens is 3. The summed E-state index contributed by atoms with van der Waals surface area (Å²) in [4.78, 5) is 12.1. The van der Waals surface area contributed by atoms with Crippen molar-refractivity contribution < 1.29 is 27.6 Å². The molecule has 0 bridgehead atoms. The number of hydrogen-bond acceptors (Lipinski definition) is 7. The molecule has 2 aromatic carbocycles. The maximum Gasteiger partial charge on any atom is 0.236 e. The number of ether oxygens (including phenoxy) is 1. The number of nitrogens with one attached hydrogen (secondary N) is 1. The molecule has 0 saturated heterocycles. The third-order valence-corrected chi connectivity index (χ3v) is 10.8. The van der Waals surface area contributed by atoms with E-state index in [1.165, 1.54) is 0 Å². The van der Waals surface area contributed by atoms with Gasteiger partial charge in [-0.3, -0.25) is 9.52 Å². The highest BCUT2D eigenvalue weighted by Crippen LogP contribution is 2.53. The van der Waals surface area contributed by atoms with Crippen LogP contribution in [-0.4, -0.2) is 24.6 Å². The number of rotatable bonds is 9. The lowest BCUT2D eigenvalue weighted by atomic mass is 9.60. The first-order valence-corrected chi connectivity index (χ1v) is 17.5. The second kappa shape index (κ2) is 13.2. The van der Waals surface area contributed by atoms with Gasteiger partial charge in [0.1, 0.15) is 23.8 Å². The molecule has 236 valence electrons. The summed E-state index contributed by atoms with van der Waals surface area (Å²) in [6.45, 7) is 0.202. The Morgan fingerprint density at radius 1 is 0.977 bits per heavy atom. The lowest BCUT2D eigenvalue weighted by Crippen LogP contribution is -2.44. The Labute approximate surface area is 273 Å². The number of thiol groups is 1. The summed E-state index contributed by atoms with van der Waals surface area (Å²) in [5.74, 6) is 1.85. The Hall–Kier alpha value is -2.30. The number of aliphatic hydroxyl groups is 1. The van der Waals surface area contributed by atoms with E-state index in [1.54, 1.807) is 24.3 Å². The van der Waals surface area contributed by atoms with Crippen LogP contribution in [0.4, 0.5) is 0 Å². The van der Waals surface area contributed by atoms with Crippen LogP contribution in [0.2, 0.25) is 15.1 Å². The van der Waals surface area contributed by atoms with E-state index in [-0.39, 0.29) is 12.5 Å². The van der Waals surface area contributed by atoms with E-state index < -0.39 is 22.4 Å². The topological polar surface area (TPSA) is 119 Å². The van der Waals surface area contributed by atoms with Crippen molar-refractivity contribution in [2.45, 2.75) is 82.3 Å². The predicted molar refractivity (Wildman–Crippen MR) is 169 cm³/mol. The minimum Gasteiger partial charge on any atom is -0.489 e. The molecule has 8 nitrogen and oxygen atoms in total. The van der Waals surface area contributed by atoms with Gasteiger partial charge in [0, 0.05) is 23.0 Å². The third-order valence-electron chi connectivity index (χ3n) is 9.49. The quantitative estimate of drug-likeness (QED) is 0.199. The van der Waals surface area contributed by atoms with Gasteiger partial charge < -0.3 is 14.4 Å². The molecule has 3 fully saturated rings. The Bertz CT molecular complexity index is 1580. The van der Waals surface area contributed by atoms with Crippen molar-refractivity contribution in [2.24, 2.45) is 17.8 Å². The van der Waals surface area contributed by atoms with Crippen molar-refractivity contribution in [3.05, 3.63) is 68.4 Å². The first kappa shape index (κ1) is 31.7. The predicted octanol–water partition coefficient (Wildman–Crippen LogP) is 7.59. The lowest BCUT2D eigenvalue weighted by Gasteiger charge is -2.48. The van der Waals surface area contributed by atoms with Crippen molar-refractivity contribution >= 4 is 51.6 Å². The van der Waals surface area contributed by atoms with E-state index in [0.717, 1.165) is 49.8 Å². The molecule has 0 atom stereocenters. The van der Waals surface area contributed by atoms with E-state index in [4.69, 9.17) is 44.1 Å². The lowest BCUT2D eigenvalue weighted by molar-refractivity contribution is -0.124.